The van der Waals surface area contributed by atoms with Crippen LogP contribution in [0.1, 0.15) is 41.5 Å². The maximum absolute atomic E-state index is 11.2. The summed E-state index contributed by atoms with van der Waals surface area (Å²) < 4.78 is 5.06. The van der Waals surface area contributed by atoms with Crippen molar-refractivity contribution in [3.63, 3.8) is 0 Å². The minimum Gasteiger partial charge on any atom is -0.444 e. The van der Waals surface area contributed by atoms with E-state index in [4.69, 9.17) is 4.74 Å². The number of rotatable bonds is 3. The summed E-state index contributed by atoms with van der Waals surface area (Å²) in [4.78, 5) is 19.2. The average molecular weight is 241 g/mol. The molecule has 1 N–H and O–H groups in total. The van der Waals surface area contributed by atoms with Crippen molar-refractivity contribution in [2.45, 2.75) is 52.7 Å². The van der Waals surface area contributed by atoms with Gasteiger partial charge in [-0.25, -0.2) is 14.8 Å². The summed E-state index contributed by atoms with van der Waals surface area (Å²) in [6.45, 7) is 12.2. The zero-order chi connectivity index (χ0) is 13.5. The van der Waals surface area contributed by atoms with Gasteiger partial charge in [-0.3, -0.25) is 0 Å². The monoisotopic (exact) mass is 241 g/mol. The van der Waals surface area contributed by atoms with Crippen molar-refractivity contribution in [2.24, 2.45) is 9.98 Å². The van der Waals surface area contributed by atoms with Gasteiger partial charge in [0.25, 0.3) is 0 Å². The summed E-state index contributed by atoms with van der Waals surface area (Å²) >= 11 is 0. The molecular weight excluding hydrogens is 218 g/mol. The molecule has 0 bridgehead atoms. The molecule has 5 nitrogen and oxygen atoms in total. The number of nitrogens with zero attached hydrogens (tertiary/aromatic N) is 2. The second kappa shape index (κ2) is 6.40. The van der Waals surface area contributed by atoms with Crippen LogP contribution in [0.3, 0.4) is 0 Å². The zero-order valence-corrected chi connectivity index (χ0v) is 11.6. The van der Waals surface area contributed by atoms with Gasteiger partial charge < -0.3 is 10.1 Å². The Labute approximate surface area is 103 Å². The molecule has 0 spiro atoms. The number of amides is 1. The molecule has 0 aromatic carbocycles. The van der Waals surface area contributed by atoms with Crippen molar-refractivity contribution < 1.29 is 9.53 Å². The Morgan fingerprint density at radius 2 is 1.82 bits per heavy atom. The summed E-state index contributed by atoms with van der Waals surface area (Å²) in [5.74, 6) is 0. The number of nitrogens with one attached hydrogen (secondary N) is 1. The highest BCUT2D eigenvalue weighted by molar-refractivity contribution is 5.67. The Bertz CT molecular complexity index is 303. The van der Waals surface area contributed by atoms with Gasteiger partial charge in [0.1, 0.15) is 5.60 Å². The van der Waals surface area contributed by atoms with Gasteiger partial charge >= 0.3 is 6.09 Å². The van der Waals surface area contributed by atoms with E-state index in [2.05, 4.69) is 21.3 Å². The molecular formula is C12H23N3O2. The number of hydrogen-bond donors (Lipinski definition) is 1. The third-order valence-electron chi connectivity index (χ3n) is 1.35. The second-order valence-electron chi connectivity index (χ2n) is 5.69. The van der Waals surface area contributed by atoms with Crippen LogP contribution in [0.4, 0.5) is 4.79 Å². The van der Waals surface area contributed by atoms with Crippen LogP contribution in [0.25, 0.3) is 0 Å². The highest BCUT2D eigenvalue weighted by Gasteiger charge is 2.15. The molecule has 0 heterocycles. The molecule has 0 aliphatic carbocycles. The summed E-state index contributed by atoms with van der Waals surface area (Å²) in [5.41, 5.74) is -0.636. The SMILES string of the molecule is CC(C)(C)N=C=NCCNC(=O)OC(C)(C)C. The van der Waals surface area contributed by atoms with Crippen molar-refractivity contribution in [2.75, 3.05) is 13.1 Å². The smallest absolute Gasteiger partial charge is 0.407 e. The van der Waals surface area contributed by atoms with Crippen molar-refractivity contribution in [3.05, 3.63) is 0 Å². The van der Waals surface area contributed by atoms with Crippen LogP contribution >= 0.6 is 0 Å². The fourth-order valence-corrected chi connectivity index (χ4v) is 0.763. The van der Waals surface area contributed by atoms with Gasteiger partial charge in [-0.1, -0.05) is 0 Å². The van der Waals surface area contributed by atoms with Gasteiger partial charge in [-0.2, -0.15) is 0 Å². The molecule has 0 saturated carbocycles. The predicted octanol–water partition coefficient (Wildman–Crippen LogP) is 2.48. The van der Waals surface area contributed by atoms with E-state index in [1.165, 1.54) is 0 Å². The van der Waals surface area contributed by atoms with E-state index < -0.39 is 11.7 Å². The van der Waals surface area contributed by atoms with E-state index >= 15 is 0 Å². The summed E-state index contributed by atoms with van der Waals surface area (Å²) in [6, 6.07) is 2.61. The Morgan fingerprint density at radius 3 is 2.29 bits per heavy atom. The normalized spacial score (nSPS) is 11.4. The zero-order valence-electron chi connectivity index (χ0n) is 11.6. The number of ether oxygens (including phenoxy) is 1. The first-order valence-corrected chi connectivity index (χ1v) is 5.70. The van der Waals surface area contributed by atoms with Crippen LogP contribution in [0.15, 0.2) is 9.98 Å². The van der Waals surface area contributed by atoms with Gasteiger partial charge in [0, 0.05) is 6.54 Å². The van der Waals surface area contributed by atoms with Crippen molar-refractivity contribution >= 4 is 12.1 Å². The Morgan fingerprint density at radius 1 is 1.24 bits per heavy atom. The van der Waals surface area contributed by atoms with Crippen molar-refractivity contribution in [3.8, 4) is 0 Å². The van der Waals surface area contributed by atoms with Gasteiger partial charge in [-0.15, -0.1) is 0 Å². The van der Waals surface area contributed by atoms with Crippen LogP contribution in [-0.2, 0) is 4.74 Å². The standard InChI is InChI=1S/C12H23N3O2/c1-11(2,3)15-9-13-7-8-14-10(16)17-12(4,5)6/h7-8H2,1-6H3,(H,14,16). The first-order chi connectivity index (χ1) is 7.60. The topological polar surface area (TPSA) is 63.0 Å². The lowest BCUT2D eigenvalue weighted by atomic mass is 10.1. The molecule has 0 atom stereocenters. The van der Waals surface area contributed by atoms with E-state index in [1.807, 2.05) is 41.5 Å². The van der Waals surface area contributed by atoms with Crippen LogP contribution < -0.4 is 5.32 Å². The first kappa shape index (κ1) is 15.7. The van der Waals surface area contributed by atoms with Crippen LogP contribution in [-0.4, -0.2) is 36.3 Å². The predicted molar refractivity (Wildman–Crippen MR) is 68.7 cm³/mol. The fraction of sp³-hybridized carbons (Fsp3) is 0.833. The number of hydrogen-bond acceptors (Lipinski definition) is 4. The lowest BCUT2D eigenvalue weighted by Crippen LogP contribution is -2.33. The molecule has 5 heteroatoms. The highest BCUT2D eigenvalue weighted by atomic mass is 16.6. The van der Waals surface area contributed by atoms with E-state index in [9.17, 15) is 4.79 Å². The summed E-state index contributed by atoms with van der Waals surface area (Å²) in [6.07, 6.45) is -0.430. The molecule has 0 aromatic heterocycles. The van der Waals surface area contributed by atoms with Crippen LogP contribution in [0.2, 0.25) is 0 Å². The average Bonchev–Trinajstić information content (AvgIpc) is 2.06. The van der Waals surface area contributed by atoms with Crippen LogP contribution in [0.5, 0.6) is 0 Å². The van der Waals surface area contributed by atoms with E-state index in [-0.39, 0.29) is 5.54 Å². The van der Waals surface area contributed by atoms with Gasteiger partial charge in [0.15, 0.2) is 0 Å². The molecule has 0 saturated heterocycles. The number of carbonyl (C=O) groups is 1. The minimum atomic E-state index is -0.471. The lowest BCUT2D eigenvalue weighted by molar-refractivity contribution is 0.0529. The van der Waals surface area contributed by atoms with Crippen molar-refractivity contribution in [1.82, 2.24) is 5.32 Å². The fourth-order valence-electron chi connectivity index (χ4n) is 0.763. The summed E-state index contributed by atoms with van der Waals surface area (Å²) in [5, 5.41) is 2.60. The Kier molecular flexibility index (Phi) is 5.89. The largest absolute Gasteiger partial charge is 0.444 e. The van der Waals surface area contributed by atoms with Crippen LogP contribution in [0, 0.1) is 0 Å². The van der Waals surface area contributed by atoms with E-state index in [1.54, 1.807) is 0 Å². The first-order valence-electron chi connectivity index (χ1n) is 5.70. The lowest BCUT2D eigenvalue weighted by Gasteiger charge is -2.19. The molecule has 17 heavy (non-hydrogen) atoms. The van der Waals surface area contributed by atoms with Gasteiger partial charge in [0.05, 0.1) is 18.1 Å². The minimum absolute atomic E-state index is 0.165. The molecule has 1 amide bonds. The van der Waals surface area contributed by atoms with Crippen molar-refractivity contribution in [1.29, 1.82) is 0 Å². The number of carbonyl (C=O) groups excluding carboxylic acids is 1. The number of aliphatic imine (C=N–C) groups is 2. The van der Waals surface area contributed by atoms with Gasteiger partial charge in [-0.05, 0) is 41.5 Å². The van der Waals surface area contributed by atoms with Gasteiger partial charge in [0.2, 0.25) is 0 Å². The molecule has 0 fully saturated rings. The number of alkyl carbamates (subject to hydrolysis) is 1. The molecule has 0 rings (SSSR count). The van der Waals surface area contributed by atoms with E-state index in [0.717, 1.165) is 0 Å². The molecule has 0 aromatic rings. The third kappa shape index (κ3) is 12.6. The molecule has 98 valence electrons. The Hall–Kier alpha value is -1.35. The quantitative estimate of drug-likeness (QED) is 0.609. The molecule has 0 radical (unpaired) electrons. The second-order valence-corrected chi connectivity index (χ2v) is 5.69. The van der Waals surface area contributed by atoms with E-state index in [0.29, 0.717) is 13.1 Å². The molecule has 0 aliphatic rings. The molecule has 0 unspecified atom stereocenters. The maximum Gasteiger partial charge on any atom is 0.407 e. The Balaban J connectivity index is 3.80. The molecule has 0 aliphatic heterocycles. The summed E-state index contributed by atoms with van der Waals surface area (Å²) in [7, 11) is 0. The highest BCUT2D eigenvalue weighted by Crippen LogP contribution is 2.06. The maximum atomic E-state index is 11.2. The third-order valence-corrected chi connectivity index (χ3v) is 1.35.